The van der Waals surface area contributed by atoms with Gasteiger partial charge in [0.15, 0.2) is 5.82 Å². The minimum atomic E-state index is -1.41. The summed E-state index contributed by atoms with van der Waals surface area (Å²) >= 11 is 0. The number of nitrogens with one attached hydrogen (secondary N) is 1. The molecule has 1 aliphatic heterocycles. The number of aromatic nitrogens is 1. The number of fused-ring (bicyclic) bond motifs is 1. The first-order valence-electron chi connectivity index (χ1n) is 9.79. The summed E-state index contributed by atoms with van der Waals surface area (Å²) in [6, 6.07) is 0.881. The number of likely N-dealkylation sites (N-methyl/N-ethyl adjacent to an activating group) is 1. The highest BCUT2D eigenvalue weighted by Crippen LogP contribution is 2.39. The second-order valence-corrected chi connectivity index (χ2v) is 7.48. The van der Waals surface area contributed by atoms with Gasteiger partial charge >= 0.3 is 5.97 Å². The maximum absolute atomic E-state index is 15.6. The molecule has 0 bridgehead atoms. The molecular formula is C20H23F2N3O4. The summed E-state index contributed by atoms with van der Waals surface area (Å²) < 4.78 is 37.7. The van der Waals surface area contributed by atoms with Crippen molar-refractivity contribution in [1.29, 1.82) is 0 Å². The van der Waals surface area contributed by atoms with Crippen molar-refractivity contribution >= 4 is 22.6 Å². The van der Waals surface area contributed by atoms with E-state index in [0.29, 0.717) is 26.2 Å². The Morgan fingerprint density at radius 2 is 2.14 bits per heavy atom. The molecule has 156 valence electrons. The van der Waals surface area contributed by atoms with E-state index in [4.69, 9.17) is 4.74 Å². The van der Waals surface area contributed by atoms with Gasteiger partial charge in [-0.15, -0.1) is 0 Å². The lowest BCUT2D eigenvalue weighted by Crippen LogP contribution is -2.47. The number of hydrogen-bond acceptors (Lipinski definition) is 5. The van der Waals surface area contributed by atoms with Crippen LogP contribution in [0.1, 0.15) is 36.2 Å². The predicted molar refractivity (Wildman–Crippen MR) is 104 cm³/mol. The molecule has 0 radical (unpaired) electrons. The topological polar surface area (TPSA) is 83.8 Å². The van der Waals surface area contributed by atoms with Crippen molar-refractivity contribution in [3.63, 3.8) is 0 Å². The van der Waals surface area contributed by atoms with Gasteiger partial charge in [0.05, 0.1) is 23.6 Å². The number of carboxylic acid groups (broad SMARTS) is 1. The minimum absolute atomic E-state index is 0.0337. The molecule has 1 saturated heterocycles. The van der Waals surface area contributed by atoms with Gasteiger partial charge in [0.2, 0.25) is 5.43 Å². The molecule has 0 amide bonds. The molecule has 2 fully saturated rings. The van der Waals surface area contributed by atoms with Crippen molar-refractivity contribution in [2.75, 3.05) is 37.7 Å². The average Bonchev–Trinajstić information content (AvgIpc) is 3.52. The number of ether oxygens (including phenoxy) is 1. The van der Waals surface area contributed by atoms with Crippen molar-refractivity contribution in [1.82, 2.24) is 9.88 Å². The van der Waals surface area contributed by atoms with E-state index in [1.54, 1.807) is 4.90 Å². The number of carbonyl (C=O) groups is 1. The van der Waals surface area contributed by atoms with E-state index >= 15 is 4.39 Å². The fraction of sp³-hybridized carbons (Fsp3) is 0.500. The molecule has 0 spiro atoms. The molecule has 29 heavy (non-hydrogen) atoms. The van der Waals surface area contributed by atoms with Crippen LogP contribution in [0.4, 0.5) is 14.5 Å². The van der Waals surface area contributed by atoms with Gasteiger partial charge < -0.3 is 24.6 Å². The van der Waals surface area contributed by atoms with E-state index in [9.17, 15) is 19.1 Å². The molecule has 2 N–H and O–H groups in total. The van der Waals surface area contributed by atoms with Crippen molar-refractivity contribution < 1.29 is 23.4 Å². The largest absolute Gasteiger partial charge is 0.477 e. The highest BCUT2D eigenvalue weighted by molar-refractivity contribution is 5.94. The molecule has 1 aromatic carbocycles. The quantitative estimate of drug-likeness (QED) is 0.763. The molecular weight excluding hydrogens is 384 g/mol. The second-order valence-electron chi connectivity index (χ2n) is 7.48. The zero-order chi connectivity index (χ0) is 20.7. The van der Waals surface area contributed by atoms with Gasteiger partial charge in [-0.2, -0.15) is 0 Å². The van der Waals surface area contributed by atoms with Crippen LogP contribution in [0.2, 0.25) is 0 Å². The highest BCUT2D eigenvalue weighted by Gasteiger charge is 2.32. The monoisotopic (exact) mass is 407 g/mol. The number of halogens is 2. The normalized spacial score (nSPS) is 19.7. The molecule has 1 unspecified atom stereocenters. The lowest BCUT2D eigenvalue weighted by Gasteiger charge is -2.35. The van der Waals surface area contributed by atoms with Crippen LogP contribution in [0.15, 0.2) is 17.1 Å². The molecule has 7 nitrogen and oxygen atoms in total. The number of aromatic carboxylic acids is 1. The maximum atomic E-state index is 15.6. The zero-order valence-corrected chi connectivity index (χ0v) is 16.1. The lowest BCUT2D eigenvalue weighted by atomic mass is 10.1. The molecule has 2 aromatic rings. The van der Waals surface area contributed by atoms with Crippen molar-refractivity contribution in [2.24, 2.45) is 0 Å². The molecule has 2 aliphatic rings. The van der Waals surface area contributed by atoms with Crippen molar-refractivity contribution in [3.8, 4) is 0 Å². The summed E-state index contributed by atoms with van der Waals surface area (Å²) in [5.74, 6) is -3.11. The molecule has 4 rings (SSSR count). The third-order valence-electron chi connectivity index (χ3n) is 5.43. The zero-order valence-electron chi connectivity index (χ0n) is 16.1. The van der Waals surface area contributed by atoms with Crippen LogP contribution < -0.4 is 15.6 Å². The standard InChI is InChI=1S/C20H23F2N3O4/c1-2-23-8-12-9-24(5-6-29-12)18-15(21)7-13-17(16(18)22)25(11-3-4-11)10-14(19(13)26)20(27)28/h7,10-12,23H,2-6,8-9H2,1H3,(H,27,28). The average molecular weight is 407 g/mol. The fourth-order valence-electron chi connectivity index (χ4n) is 3.87. The number of rotatable bonds is 6. The second kappa shape index (κ2) is 7.72. The number of morpholine rings is 1. The number of nitrogens with zero attached hydrogens (tertiary/aromatic N) is 2. The number of hydrogen-bond donors (Lipinski definition) is 2. The Bertz CT molecular complexity index is 1020. The van der Waals surface area contributed by atoms with Gasteiger partial charge in [-0.05, 0) is 25.5 Å². The maximum Gasteiger partial charge on any atom is 0.341 e. The van der Waals surface area contributed by atoms with Crippen molar-refractivity contribution in [2.45, 2.75) is 31.9 Å². The van der Waals surface area contributed by atoms with Crippen LogP contribution in [0.5, 0.6) is 0 Å². The van der Waals surface area contributed by atoms with Crippen molar-refractivity contribution in [3.05, 3.63) is 39.7 Å². The summed E-state index contributed by atoms with van der Waals surface area (Å²) in [5, 5.41) is 12.2. The van der Waals surface area contributed by atoms with E-state index in [0.717, 1.165) is 25.5 Å². The summed E-state index contributed by atoms with van der Waals surface area (Å²) in [7, 11) is 0. The Kier molecular flexibility index (Phi) is 5.26. The van der Waals surface area contributed by atoms with Crippen LogP contribution in [0.3, 0.4) is 0 Å². The first kappa shape index (κ1) is 19.8. The van der Waals surface area contributed by atoms with E-state index in [1.807, 2.05) is 6.92 Å². The van der Waals surface area contributed by atoms with E-state index in [-0.39, 0.29) is 28.7 Å². The lowest BCUT2D eigenvalue weighted by molar-refractivity contribution is 0.0408. The molecule has 9 heteroatoms. The van der Waals surface area contributed by atoms with Gasteiger partial charge in [-0.3, -0.25) is 4.79 Å². The fourth-order valence-corrected chi connectivity index (χ4v) is 3.87. The Morgan fingerprint density at radius 1 is 1.38 bits per heavy atom. The molecule has 1 atom stereocenters. The molecule has 1 saturated carbocycles. The number of anilines is 1. The van der Waals surface area contributed by atoms with Crippen LogP contribution in [-0.2, 0) is 4.74 Å². The van der Waals surface area contributed by atoms with E-state index < -0.39 is 28.6 Å². The smallest absolute Gasteiger partial charge is 0.341 e. The summed E-state index contributed by atoms with van der Waals surface area (Å²) in [5.41, 5.74) is -1.58. The molecule has 2 heterocycles. The van der Waals surface area contributed by atoms with Gasteiger partial charge in [0.25, 0.3) is 0 Å². The summed E-state index contributed by atoms with van der Waals surface area (Å²) in [6.07, 6.45) is 2.48. The van der Waals surface area contributed by atoms with Gasteiger partial charge in [-0.25, -0.2) is 13.6 Å². The minimum Gasteiger partial charge on any atom is -0.477 e. The Morgan fingerprint density at radius 3 is 2.79 bits per heavy atom. The SMILES string of the molecule is CCNCC1CN(c2c(F)cc3c(=O)c(C(=O)O)cn(C4CC4)c3c2F)CCO1. The van der Waals surface area contributed by atoms with E-state index in [1.165, 1.54) is 10.8 Å². The van der Waals surface area contributed by atoms with Gasteiger partial charge in [-0.1, -0.05) is 6.92 Å². The van der Waals surface area contributed by atoms with Gasteiger partial charge in [0, 0.05) is 31.9 Å². The van der Waals surface area contributed by atoms with Gasteiger partial charge in [0.1, 0.15) is 17.1 Å². The summed E-state index contributed by atoms with van der Waals surface area (Å²) in [4.78, 5) is 25.6. The Hall–Kier alpha value is -2.52. The third-order valence-corrected chi connectivity index (χ3v) is 5.43. The number of benzene rings is 1. The third kappa shape index (κ3) is 3.60. The van der Waals surface area contributed by atoms with Crippen LogP contribution in [0.25, 0.3) is 10.9 Å². The van der Waals surface area contributed by atoms with E-state index in [2.05, 4.69) is 5.32 Å². The number of pyridine rings is 1. The van der Waals surface area contributed by atoms with Crippen LogP contribution in [-0.4, -0.2) is 54.5 Å². The highest BCUT2D eigenvalue weighted by atomic mass is 19.1. The first-order chi connectivity index (χ1) is 13.9. The Balaban J connectivity index is 1.84. The summed E-state index contributed by atoms with van der Waals surface area (Å²) in [6.45, 7) is 4.26. The Labute approximate surface area is 165 Å². The molecule has 1 aliphatic carbocycles. The first-order valence-corrected chi connectivity index (χ1v) is 9.79. The molecule has 1 aromatic heterocycles. The number of carboxylic acids is 1. The predicted octanol–water partition coefficient (Wildman–Crippen LogP) is 2.13. The van der Waals surface area contributed by atoms with Crippen LogP contribution in [0, 0.1) is 11.6 Å². The van der Waals surface area contributed by atoms with Crippen LogP contribution >= 0.6 is 0 Å².